The van der Waals surface area contributed by atoms with E-state index in [1.54, 1.807) is 16.8 Å². The fourth-order valence-electron chi connectivity index (χ4n) is 2.51. The molecule has 24 heavy (non-hydrogen) atoms. The third-order valence-corrected chi connectivity index (χ3v) is 3.89. The summed E-state index contributed by atoms with van der Waals surface area (Å²) in [5, 5.41) is 8.20. The maximum absolute atomic E-state index is 12.6. The topological polar surface area (TPSA) is 51.9 Å². The van der Waals surface area contributed by atoms with E-state index < -0.39 is 0 Å². The molecule has 0 aliphatic carbocycles. The zero-order valence-corrected chi connectivity index (χ0v) is 14.6. The standard InChI is InChI=1S/C18H19ClN4O/c1-12(2)20-18(24)17-11-15(16-5-4-10-22(16)3)21-23(17)14-8-6-13(19)7-9-14/h4-12H,1-3H3,(H,20,24). The van der Waals surface area contributed by atoms with Crippen molar-refractivity contribution in [1.82, 2.24) is 19.7 Å². The Labute approximate surface area is 145 Å². The van der Waals surface area contributed by atoms with Gasteiger partial charge in [0.2, 0.25) is 0 Å². The van der Waals surface area contributed by atoms with Gasteiger partial charge in [-0.05, 0) is 56.3 Å². The molecule has 0 bridgehead atoms. The summed E-state index contributed by atoms with van der Waals surface area (Å²) in [6.07, 6.45) is 1.95. The Hall–Kier alpha value is -2.53. The molecule has 0 saturated carbocycles. The lowest BCUT2D eigenvalue weighted by Crippen LogP contribution is -2.31. The first-order chi connectivity index (χ1) is 11.5. The molecule has 0 spiro atoms. The van der Waals surface area contributed by atoms with Crippen LogP contribution in [0.2, 0.25) is 5.02 Å². The molecule has 6 heteroatoms. The number of nitrogens with one attached hydrogen (secondary N) is 1. The summed E-state index contributed by atoms with van der Waals surface area (Å²) < 4.78 is 3.62. The molecule has 0 aliphatic rings. The summed E-state index contributed by atoms with van der Waals surface area (Å²) in [5.74, 6) is -0.159. The van der Waals surface area contributed by atoms with E-state index in [9.17, 15) is 4.79 Å². The van der Waals surface area contributed by atoms with E-state index in [0.29, 0.717) is 10.7 Å². The molecule has 0 radical (unpaired) electrons. The minimum absolute atomic E-state index is 0.0459. The Morgan fingerprint density at radius 3 is 2.50 bits per heavy atom. The van der Waals surface area contributed by atoms with Crippen molar-refractivity contribution < 1.29 is 4.79 Å². The molecule has 5 nitrogen and oxygen atoms in total. The van der Waals surface area contributed by atoms with Crippen LogP contribution < -0.4 is 5.32 Å². The second-order valence-electron chi connectivity index (χ2n) is 5.94. The van der Waals surface area contributed by atoms with Gasteiger partial charge in [0.25, 0.3) is 5.91 Å². The van der Waals surface area contributed by atoms with Crippen LogP contribution in [0.3, 0.4) is 0 Å². The van der Waals surface area contributed by atoms with Crippen LogP contribution in [0.25, 0.3) is 17.1 Å². The third-order valence-electron chi connectivity index (χ3n) is 3.64. The van der Waals surface area contributed by atoms with E-state index in [4.69, 9.17) is 11.6 Å². The van der Waals surface area contributed by atoms with Gasteiger partial charge in [-0.25, -0.2) is 4.68 Å². The van der Waals surface area contributed by atoms with Crippen molar-refractivity contribution in [3.63, 3.8) is 0 Å². The number of aromatic nitrogens is 3. The highest BCUT2D eigenvalue weighted by molar-refractivity contribution is 6.30. The predicted molar refractivity (Wildman–Crippen MR) is 95.6 cm³/mol. The second kappa shape index (κ2) is 6.53. The van der Waals surface area contributed by atoms with Crippen molar-refractivity contribution in [2.45, 2.75) is 19.9 Å². The Morgan fingerprint density at radius 1 is 1.21 bits per heavy atom. The van der Waals surface area contributed by atoms with Gasteiger partial charge in [0.15, 0.2) is 0 Å². The van der Waals surface area contributed by atoms with Gasteiger partial charge in [0.1, 0.15) is 11.4 Å². The van der Waals surface area contributed by atoms with Crippen molar-refractivity contribution in [3.8, 4) is 17.1 Å². The van der Waals surface area contributed by atoms with E-state index in [1.807, 2.05) is 62.0 Å². The zero-order chi connectivity index (χ0) is 17.3. The van der Waals surface area contributed by atoms with Crippen LogP contribution in [0.15, 0.2) is 48.7 Å². The van der Waals surface area contributed by atoms with Crippen molar-refractivity contribution in [2.75, 3.05) is 0 Å². The number of benzene rings is 1. The number of amides is 1. The maximum Gasteiger partial charge on any atom is 0.270 e. The molecular weight excluding hydrogens is 324 g/mol. The first-order valence-electron chi connectivity index (χ1n) is 7.74. The number of aryl methyl sites for hydroxylation is 1. The van der Waals surface area contributed by atoms with Crippen LogP contribution in [0.5, 0.6) is 0 Å². The van der Waals surface area contributed by atoms with Crippen molar-refractivity contribution >= 4 is 17.5 Å². The highest BCUT2D eigenvalue weighted by Gasteiger charge is 2.19. The molecule has 1 N–H and O–H groups in total. The van der Waals surface area contributed by atoms with Gasteiger partial charge in [-0.2, -0.15) is 5.10 Å². The Bertz CT molecular complexity index is 862. The first-order valence-corrected chi connectivity index (χ1v) is 8.12. The molecule has 0 unspecified atom stereocenters. The average molecular weight is 343 g/mol. The lowest BCUT2D eigenvalue weighted by molar-refractivity contribution is 0.0935. The summed E-state index contributed by atoms with van der Waals surface area (Å²) >= 11 is 5.97. The molecule has 0 fully saturated rings. The van der Waals surface area contributed by atoms with E-state index in [-0.39, 0.29) is 11.9 Å². The Kier molecular flexibility index (Phi) is 4.44. The molecule has 3 rings (SSSR count). The number of carbonyl (C=O) groups excluding carboxylic acids is 1. The lowest BCUT2D eigenvalue weighted by atomic mass is 10.2. The normalized spacial score (nSPS) is 11.0. The van der Waals surface area contributed by atoms with Gasteiger partial charge in [-0.3, -0.25) is 4.79 Å². The monoisotopic (exact) mass is 342 g/mol. The van der Waals surface area contributed by atoms with Gasteiger partial charge in [0.05, 0.1) is 11.4 Å². The summed E-state index contributed by atoms with van der Waals surface area (Å²) in [6, 6.07) is 13.0. The van der Waals surface area contributed by atoms with Gasteiger partial charge in [-0.15, -0.1) is 0 Å². The van der Waals surface area contributed by atoms with Crippen LogP contribution in [0.1, 0.15) is 24.3 Å². The van der Waals surface area contributed by atoms with E-state index >= 15 is 0 Å². The second-order valence-corrected chi connectivity index (χ2v) is 6.37. The smallest absolute Gasteiger partial charge is 0.270 e. The Balaban J connectivity index is 2.11. The largest absolute Gasteiger partial charge is 0.349 e. The van der Waals surface area contributed by atoms with Crippen LogP contribution in [0.4, 0.5) is 0 Å². The van der Waals surface area contributed by atoms with Gasteiger partial charge in [0, 0.05) is 24.3 Å². The van der Waals surface area contributed by atoms with Crippen LogP contribution >= 0.6 is 11.6 Å². The minimum atomic E-state index is -0.159. The highest BCUT2D eigenvalue weighted by atomic mass is 35.5. The molecule has 1 amide bonds. The summed E-state index contributed by atoms with van der Waals surface area (Å²) in [6.45, 7) is 3.86. The fourth-order valence-corrected chi connectivity index (χ4v) is 2.64. The quantitative estimate of drug-likeness (QED) is 0.786. The molecule has 0 atom stereocenters. The summed E-state index contributed by atoms with van der Waals surface area (Å²) in [5.41, 5.74) is 2.96. The summed E-state index contributed by atoms with van der Waals surface area (Å²) in [4.78, 5) is 12.6. The molecular formula is C18H19ClN4O. The SMILES string of the molecule is CC(C)NC(=O)c1cc(-c2cccn2C)nn1-c1ccc(Cl)cc1. The number of halogens is 1. The summed E-state index contributed by atoms with van der Waals surface area (Å²) in [7, 11) is 1.95. The van der Waals surface area contributed by atoms with Crippen LogP contribution in [0, 0.1) is 0 Å². The predicted octanol–water partition coefficient (Wildman–Crippen LogP) is 3.67. The zero-order valence-electron chi connectivity index (χ0n) is 13.8. The molecule has 3 aromatic rings. The number of carbonyl (C=O) groups is 1. The molecule has 2 aromatic heterocycles. The molecule has 2 heterocycles. The minimum Gasteiger partial charge on any atom is -0.349 e. The lowest BCUT2D eigenvalue weighted by Gasteiger charge is -2.10. The third kappa shape index (κ3) is 3.21. The van der Waals surface area contributed by atoms with E-state index in [1.165, 1.54) is 0 Å². The Morgan fingerprint density at radius 2 is 1.92 bits per heavy atom. The van der Waals surface area contributed by atoms with E-state index in [2.05, 4.69) is 10.4 Å². The fraction of sp³-hybridized carbons (Fsp3) is 0.222. The van der Waals surface area contributed by atoms with E-state index in [0.717, 1.165) is 17.1 Å². The van der Waals surface area contributed by atoms with Gasteiger partial charge >= 0.3 is 0 Å². The molecule has 0 aliphatic heterocycles. The number of hydrogen-bond donors (Lipinski definition) is 1. The highest BCUT2D eigenvalue weighted by Crippen LogP contribution is 2.23. The maximum atomic E-state index is 12.6. The average Bonchev–Trinajstić information content (AvgIpc) is 3.13. The van der Waals surface area contributed by atoms with Crippen LogP contribution in [-0.2, 0) is 7.05 Å². The molecule has 1 aromatic carbocycles. The number of hydrogen-bond acceptors (Lipinski definition) is 2. The van der Waals surface area contributed by atoms with Gasteiger partial charge < -0.3 is 9.88 Å². The molecule has 124 valence electrons. The number of rotatable bonds is 4. The molecule has 0 saturated heterocycles. The van der Waals surface area contributed by atoms with Crippen molar-refractivity contribution in [1.29, 1.82) is 0 Å². The van der Waals surface area contributed by atoms with Gasteiger partial charge in [-0.1, -0.05) is 11.6 Å². The van der Waals surface area contributed by atoms with Crippen molar-refractivity contribution in [3.05, 3.63) is 59.4 Å². The van der Waals surface area contributed by atoms with Crippen molar-refractivity contribution in [2.24, 2.45) is 7.05 Å². The van der Waals surface area contributed by atoms with Crippen LogP contribution in [-0.4, -0.2) is 26.3 Å². The number of nitrogens with zero attached hydrogens (tertiary/aromatic N) is 3. The first kappa shape index (κ1) is 16.3.